The molecule has 1 aromatic carbocycles. The van der Waals surface area contributed by atoms with Crippen molar-refractivity contribution in [2.75, 3.05) is 0 Å². The van der Waals surface area contributed by atoms with Gasteiger partial charge in [-0.25, -0.2) is 4.79 Å². The number of amides is 3. The minimum absolute atomic E-state index is 0.134. The number of hydrogen-bond donors (Lipinski definition) is 5. The van der Waals surface area contributed by atoms with Crippen LogP contribution in [0.1, 0.15) is 38.7 Å². The van der Waals surface area contributed by atoms with Crippen molar-refractivity contribution in [1.82, 2.24) is 10.6 Å². The van der Waals surface area contributed by atoms with Gasteiger partial charge in [0.1, 0.15) is 12.1 Å². The van der Waals surface area contributed by atoms with Crippen LogP contribution in [0.4, 0.5) is 0 Å². The number of benzene rings is 1. The van der Waals surface area contributed by atoms with E-state index in [0.29, 0.717) is 12.8 Å². The van der Waals surface area contributed by atoms with E-state index in [9.17, 15) is 24.3 Å². The minimum atomic E-state index is -1.28. The van der Waals surface area contributed by atoms with E-state index < -0.39 is 41.8 Å². The number of nitrogens with two attached hydrogens (primary N) is 2. The molecule has 4 unspecified atom stereocenters. The van der Waals surface area contributed by atoms with E-state index in [-0.39, 0.29) is 18.8 Å². The van der Waals surface area contributed by atoms with Gasteiger partial charge in [-0.15, -0.1) is 0 Å². The second-order valence-corrected chi connectivity index (χ2v) is 7.07. The largest absolute Gasteiger partial charge is 0.480 e. The van der Waals surface area contributed by atoms with Gasteiger partial charge in [-0.3, -0.25) is 14.4 Å². The lowest BCUT2D eigenvalue weighted by Gasteiger charge is -2.26. The molecular formula is C20H30N4O5. The molecule has 0 spiro atoms. The van der Waals surface area contributed by atoms with Crippen LogP contribution < -0.4 is 22.1 Å². The molecule has 9 heteroatoms. The molecule has 29 heavy (non-hydrogen) atoms. The number of hydrogen-bond acceptors (Lipinski definition) is 5. The summed E-state index contributed by atoms with van der Waals surface area (Å²) in [5.41, 5.74) is 11.9. The number of carbonyl (C=O) groups is 4. The lowest BCUT2D eigenvalue weighted by molar-refractivity contribution is -0.142. The number of rotatable bonds is 12. The number of carboxylic acid groups (broad SMARTS) is 1. The van der Waals surface area contributed by atoms with Gasteiger partial charge in [0.05, 0.1) is 6.04 Å². The SMILES string of the molecule is CCC(C)C(NC(=O)C(N)Cc1ccccc1)C(=O)NC(CCC(N)=O)C(=O)O. The molecule has 0 aliphatic carbocycles. The molecule has 0 bridgehead atoms. The molecule has 3 amide bonds. The smallest absolute Gasteiger partial charge is 0.326 e. The van der Waals surface area contributed by atoms with Crippen molar-refractivity contribution in [3.8, 4) is 0 Å². The minimum Gasteiger partial charge on any atom is -0.480 e. The van der Waals surface area contributed by atoms with Crippen molar-refractivity contribution in [1.29, 1.82) is 0 Å². The van der Waals surface area contributed by atoms with Gasteiger partial charge in [0.2, 0.25) is 17.7 Å². The van der Waals surface area contributed by atoms with E-state index in [1.807, 2.05) is 37.3 Å². The average Bonchev–Trinajstić information content (AvgIpc) is 2.68. The van der Waals surface area contributed by atoms with Gasteiger partial charge < -0.3 is 27.2 Å². The van der Waals surface area contributed by atoms with E-state index in [0.717, 1.165) is 5.56 Å². The molecule has 0 aromatic heterocycles. The fraction of sp³-hybridized carbons (Fsp3) is 0.500. The fourth-order valence-corrected chi connectivity index (χ4v) is 2.73. The second kappa shape index (κ2) is 11.8. The first kappa shape index (κ1) is 24.1. The number of nitrogens with one attached hydrogen (secondary N) is 2. The summed E-state index contributed by atoms with van der Waals surface area (Å²) in [5, 5.41) is 14.3. The van der Waals surface area contributed by atoms with Gasteiger partial charge in [-0.2, -0.15) is 0 Å². The number of carboxylic acids is 1. The number of carbonyl (C=O) groups excluding carboxylic acids is 3. The van der Waals surface area contributed by atoms with Crippen LogP contribution in [0.5, 0.6) is 0 Å². The van der Waals surface area contributed by atoms with Crippen LogP contribution >= 0.6 is 0 Å². The third kappa shape index (κ3) is 8.30. The maximum absolute atomic E-state index is 12.7. The van der Waals surface area contributed by atoms with Crippen LogP contribution in [-0.4, -0.2) is 46.9 Å². The van der Waals surface area contributed by atoms with Crippen LogP contribution in [0.2, 0.25) is 0 Å². The Labute approximate surface area is 170 Å². The molecule has 9 nitrogen and oxygen atoms in total. The van der Waals surface area contributed by atoms with Crippen LogP contribution in [-0.2, 0) is 25.6 Å². The van der Waals surface area contributed by atoms with Gasteiger partial charge >= 0.3 is 5.97 Å². The molecule has 4 atom stereocenters. The maximum Gasteiger partial charge on any atom is 0.326 e. The Bertz CT molecular complexity index is 710. The van der Waals surface area contributed by atoms with Crippen molar-refractivity contribution in [3.05, 3.63) is 35.9 Å². The predicted octanol–water partition coefficient (Wildman–Crippen LogP) is -0.0778. The maximum atomic E-state index is 12.7. The quantitative estimate of drug-likeness (QED) is 0.326. The molecule has 0 aliphatic heterocycles. The van der Waals surface area contributed by atoms with E-state index in [4.69, 9.17) is 11.5 Å². The second-order valence-electron chi connectivity index (χ2n) is 7.07. The standard InChI is InChI=1S/C20H30N4O5/c1-3-12(2)17(19(27)23-15(20(28)29)9-10-16(22)25)24-18(26)14(21)11-13-7-5-4-6-8-13/h4-8,12,14-15,17H,3,9-11,21H2,1-2H3,(H2,22,25)(H,23,27)(H,24,26)(H,28,29). The van der Waals surface area contributed by atoms with E-state index in [1.54, 1.807) is 6.92 Å². The van der Waals surface area contributed by atoms with E-state index in [2.05, 4.69) is 10.6 Å². The highest BCUT2D eigenvalue weighted by Gasteiger charge is 2.31. The summed E-state index contributed by atoms with van der Waals surface area (Å²) >= 11 is 0. The molecule has 0 saturated heterocycles. The first-order chi connectivity index (χ1) is 13.6. The summed E-state index contributed by atoms with van der Waals surface area (Å²) in [6.07, 6.45) is 0.563. The highest BCUT2D eigenvalue weighted by molar-refractivity contribution is 5.92. The van der Waals surface area contributed by atoms with Crippen LogP contribution in [0.3, 0.4) is 0 Å². The Hall–Kier alpha value is -2.94. The summed E-state index contributed by atoms with van der Waals surface area (Å²) in [6, 6.07) is 6.14. The summed E-state index contributed by atoms with van der Waals surface area (Å²) in [7, 11) is 0. The molecule has 7 N–H and O–H groups in total. The topological polar surface area (TPSA) is 165 Å². The Morgan fingerprint density at radius 1 is 1.07 bits per heavy atom. The van der Waals surface area contributed by atoms with Crippen molar-refractivity contribution < 1.29 is 24.3 Å². The number of aliphatic carboxylic acids is 1. The molecule has 0 heterocycles. The summed E-state index contributed by atoms with van der Waals surface area (Å²) in [6.45, 7) is 3.62. The van der Waals surface area contributed by atoms with Crippen molar-refractivity contribution in [2.45, 2.75) is 57.7 Å². The van der Waals surface area contributed by atoms with Crippen LogP contribution in [0, 0.1) is 5.92 Å². The van der Waals surface area contributed by atoms with Gasteiger partial charge in [0.25, 0.3) is 0 Å². The molecule has 1 aromatic rings. The molecule has 1 rings (SSSR count). The molecule has 0 radical (unpaired) electrons. The lowest BCUT2D eigenvalue weighted by atomic mass is 9.96. The molecule has 0 fully saturated rings. The Morgan fingerprint density at radius 2 is 1.69 bits per heavy atom. The first-order valence-corrected chi connectivity index (χ1v) is 9.57. The fourth-order valence-electron chi connectivity index (χ4n) is 2.73. The van der Waals surface area contributed by atoms with E-state index >= 15 is 0 Å². The van der Waals surface area contributed by atoms with Crippen molar-refractivity contribution in [3.63, 3.8) is 0 Å². The molecular weight excluding hydrogens is 376 g/mol. The van der Waals surface area contributed by atoms with Gasteiger partial charge in [-0.1, -0.05) is 50.6 Å². The summed E-state index contributed by atoms with van der Waals surface area (Å²) < 4.78 is 0. The first-order valence-electron chi connectivity index (χ1n) is 9.57. The molecule has 160 valence electrons. The normalized spacial score (nSPS) is 14.9. The Morgan fingerprint density at radius 3 is 2.21 bits per heavy atom. The predicted molar refractivity (Wildman–Crippen MR) is 108 cm³/mol. The van der Waals surface area contributed by atoms with Gasteiger partial charge in [0.15, 0.2) is 0 Å². The van der Waals surface area contributed by atoms with Gasteiger partial charge in [-0.05, 0) is 24.3 Å². The van der Waals surface area contributed by atoms with Crippen molar-refractivity contribution >= 4 is 23.7 Å². The monoisotopic (exact) mass is 406 g/mol. The zero-order valence-corrected chi connectivity index (χ0v) is 16.8. The van der Waals surface area contributed by atoms with Gasteiger partial charge in [0, 0.05) is 6.42 Å². The highest BCUT2D eigenvalue weighted by atomic mass is 16.4. The van der Waals surface area contributed by atoms with Crippen LogP contribution in [0.25, 0.3) is 0 Å². The number of primary amides is 1. The average molecular weight is 406 g/mol. The summed E-state index contributed by atoms with van der Waals surface area (Å²) in [5.74, 6) is -3.35. The molecule has 0 saturated carbocycles. The van der Waals surface area contributed by atoms with Crippen LogP contribution in [0.15, 0.2) is 30.3 Å². The van der Waals surface area contributed by atoms with E-state index in [1.165, 1.54) is 0 Å². The van der Waals surface area contributed by atoms with Crippen molar-refractivity contribution in [2.24, 2.45) is 17.4 Å². The zero-order chi connectivity index (χ0) is 22.0. The Kier molecular flexibility index (Phi) is 9.81. The zero-order valence-electron chi connectivity index (χ0n) is 16.8. The third-order valence-corrected chi connectivity index (χ3v) is 4.72. The third-order valence-electron chi connectivity index (χ3n) is 4.72. The Balaban J connectivity index is 2.81. The highest BCUT2D eigenvalue weighted by Crippen LogP contribution is 2.10. The summed E-state index contributed by atoms with van der Waals surface area (Å²) in [4.78, 5) is 47.5. The molecule has 0 aliphatic rings. The lowest BCUT2D eigenvalue weighted by Crippen LogP contribution is -2.57.